The van der Waals surface area contributed by atoms with Gasteiger partial charge in [-0.25, -0.2) is 9.97 Å². The Labute approximate surface area is 110 Å². The van der Waals surface area contributed by atoms with Crippen LogP contribution >= 0.6 is 11.6 Å². The number of rotatable bonds is 5. The van der Waals surface area contributed by atoms with Gasteiger partial charge in [0.2, 0.25) is 5.88 Å². The Morgan fingerprint density at radius 2 is 2.17 bits per heavy atom. The van der Waals surface area contributed by atoms with Crippen LogP contribution in [0.25, 0.3) is 11.2 Å². The molecule has 0 saturated carbocycles. The Bertz CT molecular complexity index is 543. The average Bonchev–Trinajstić information content (AvgIpc) is 2.76. The zero-order chi connectivity index (χ0) is 13.1. The van der Waals surface area contributed by atoms with E-state index in [4.69, 9.17) is 21.1 Å². The van der Waals surface area contributed by atoms with Gasteiger partial charge in [0.25, 0.3) is 0 Å². The number of alkyl halides is 1. The van der Waals surface area contributed by atoms with Crippen molar-refractivity contribution in [1.82, 2.24) is 19.5 Å². The van der Waals surface area contributed by atoms with Crippen molar-refractivity contribution in [3.05, 3.63) is 12.2 Å². The second-order valence-corrected chi connectivity index (χ2v) is 4.14. The Kier molecular flexibility index (Phi) is 3.98. The van der Waals surface area contributed by atoms with Crippen molar-refractivity contribution in [3.63, 3.8) is 0 Å². The van der Waals surface area contributed by atoms with Crippen LogP contribution in [0.15, 0.2) is 6.33 Å². The third kappa shape index (κ3) is 2.26. The van der Waals surface area contributed by atoms with Crippen LogP contribution < -0.4 is 4.74 Å². The van der Waals surface area contributed by atoms with Crippen molar-refractivity contribution < 1.29 is 9.47 Å². The number of methoxy groups -OCH3 is 2. The van der Waals surface area contributed by atoms with Gasteiger partial charge in [-0.05, 0) is 6.92 Å². The second-order valence-electron chi connectivity index (χ2n) is 3.87. The molecule has 0 radical (unpaired) electrons. The van der Waals surface area contributed by atoms with Gasteiger partial charge in [-0.3, -0.25) is 0 Å². The van der Waals surface area contributed by atoms with E-state index < -0.39 is 0 Å². The molecule has 0 bridgehead atoms. The number of halogens is 1. The lowest BCUT2D eigenvalue weighted by Gasteiger charge is -2.12. The van der Waals surface area contributed by atoms with E-state index in [1.54, 1.807) is 14.2 Å². The third-order valence-electron chi connectivity index (χ3n) is 2.73. The van der Waals surface area contributed by atoms with Crippen molar-refractivity contribution in [1.29, 1.82) is 0 Å². The summed E-state index contributed by atoms with van der Waals surface area (Å²) in [4.78, 5) is 12.7. The molecule has 0 spiro atoms. The van der Waals surface area contributed by atoms with Crippen molar-refractivity contribution in [2.24, 2.45) is 0 Å². The van der Waals surface area contributed by atoms with Crippen molar-refractivity contribution in [2.45, 2.75) is 25.5 Å². The lowest BCUT2D eigenvalue weighted by atomic mass is 10.4. The molecule has 0 saturated heterocycles. The molecule has 2 aromatic heterocycles. The van der Waals surface area contributed by atoms with E-state index in [1.165, 1.54) is 6.33 Å². The van der Waals surface area contributed by atoms with E-state index in [9.17, 15) is 0 Å². The molecule has 0 amide bonds. The molecule has 98 valence electrons. The van der Waals surface area contributed by atoms with Crippen LogP contribution in [0.1, 0.15) is 12.7 Å². The smallest absolute Gasteiger partial charge is 0.245 e. The first kappa shape index (κ1) is 13.0. The van der Waals surface area contributed by atoms with Crippen molar-refractivity contribution >= 4 is 22.8 Å². The highest BCUT2D eigenvalue weighted by molar-refractivity contribution is 6.16. The van der Waals surface area contributed by atoms with Crippen LogP contribution in [0, 0.1) is 0 Å². The fraction of sp³-hybridized carbons (Fsp3) is 0.545. The highest BCUT2D eigenvalue weighted by Crippen LogP contribution is 2.22. The van der Waals surface area contributed by atoms with E-state index >= 15 is 0 Å². The first-order valence-electron chi connectivity index (χ1n) is 5.54. The lowest BCUT2D eigenvalue weighted by molar-refractivity contribution is 0.103. The standard InChI is InChI=1S/C11H15ClN4O2/c1-7(17-2)5-16-8(4-12)15-9-10(16)13-6-14-11(9)18-3/h6-7H,4-5H2,1-3H3. The van der Waals surface area contributed by atoms with E-state index in [-0.39, 0.29) is 6.10 Å². The molecular weight excluding hydrogens is 256 g/mol. The molecule has 0 aliphatic heterocycles. The second kappa shape index (κ2) is 5.49. The van der Waals surface area contributed by atoms with Crippen LogP contribution in [-0.2, 0) is 17.2 Å². The van der Waals surface area contributed by atoms with Crippen molar-refractivity contribution in [2.75, 3.05) is 14.2 Å². The molecular formula is C11H15ClN4O2. The summed E-state index contributed by atoms with van der Waals surface area (Å²) >= 11 is 5.91. The topological polar surface area (TPSA) is 62.1 Å². The number of hydrogen-bond acceptors (Lipinski definition) is 5. The molecule has 2 aromatic rings. The maximum absolute atomic E-state index is 5.91. The number of imidazole rings is 1. The van der Waals surface area contributed by atoms with Crippen molar-refractivity contribution in [3.8, 4) is 5.88 Å². The summed E-state index contributed by atoms with van der Waals surface area (Å²) in [6.45, 7) is 2.61. The molecule has 2 rings (SSSR count). The molecule has 0 fully saturated rings. The normalized spacial score (nSPS) is 12.9. The maximum Gasteiger partial charge on any atom is 0.245 e. The van der Waals surface area contributed by atoms with Gasteiger partial charge in [0.05, 0.1) is 25.6 Å². The van der Waals surface area contributed by atoms with Gasteiger partial charge < -0.3 is 14.0 Å². The minimum absolute atomic E-state index is 0.0466. The molecule has 2 heterocycles. The molecule has 6 nitrogen and oxygen atoms in total. The van der Waals surface area contributed by atoms with Gasteiger partial charge in [0.1, 0.15) is 12.2 Å². The SMILES string of the molecule is COc1ncnc2c1nc(CCl)n2CC(C)OC. The molecule has 0 aliphatic carbocycles. The van der Waals surface area contributed by atoms with Gasteiger partial charge in [0, 0.05) is 7.11 Å². The van der Waals surface area contributed by atoms with Crippen LogP contribution in [0.2, 0.25) is 0 Å². The Morgan fingerprint density at radius 3 is 2.78 bits per heavy atom. The summed E-state index contributed by atoms with van der Waals surface area (Å²) in [5.41, 5.74) is 1.33. The summed E-state index contributed by atoms with van der Waals surface area (Å²) in [5.74, 6) is 1.49. The molecule has 0 aliphatic rings. The minimum atomic E-state index is 0.0466. The highest BCUT2D eigenvalue weighted by atomic mass is 35.5. The molecule has 1 unspecified atom stereocenters. The molecule has 0 N–H and O–H groups in total. The Balaban J connectivity index is 2.55. The minimum Gasteiger partial charge on any atom is -0.479 e. The lowest BCUT2D eigenvalue weighted by Crippen LogP contribution is -2.16. The molecule has 7 heteroatoms. The third-order valence-corrected chi connectivity index (χ3v) is 2.97. The van der Waals surface area contributed by atoms with E-state index in [0.717, 1.165) is 5.82 Å². The molecule has 18 heavy (non-hydrogen) atoms. The van der Waals surface area contributed by atoms with Crippen LogP contribution in [-0.4, -0.2) is 39.8 Å². The first-order valence-corrected chi connectivity index (χ1v) is 6.07. The first-order chi connectivity index (χ1) is 8.71. The number of aromatic nitrogens is 4. The number of fused-ring (bicyclic) bond motifs is 1. The summed E-state index contributed by atoms with van der Waals surface area (Å²) < 4.78 is 12.4. The Morgan fingerprint density at radius 1 is 1.39 bits per heavy atom. The maximum atomic E-state index is 5.91. The van der Waals surface area contributed by atoms with Gasteiger partial charge in [-0.1, -0.05) is 0 Å². The number of ether oxygens (including phenoxy) is 2. The van der Waals surface area contributed by atoms with Crippen LogP contribution in [0.5, 0.6) is 5.88 Å². The fourth-order valence-electron chi connectivity index (χ4n) is 1.74. The zero-order valence-electron chi connectivity index (χ0n) is 10.6. The number of hydrogen-bond donors (Lipinski definition) is 0. The highest BCUT2D eigenvalue weighted by Gasteiger charge is 2.17. The average molecular weight is 271 g/mol. The summed E-state index contributed by atoms with van der Waals surface area (Å²) in [7, 11) is 3.22. The molecule has 1 atom stereocenters. The van der Waals surface area contributed by atoms with Gasteiger partial charge in [-0.15, -0.1) is 11.6 Å². The summed E-state index contributed by atoms with van der Waals surface area (Å²) in [6, 6.07) is 0. The molecule has 0 aromatic carbocycles. The zero-order valence-corrected chi connectivity index (χ0v) is 11.3. The van der Waals surface area contributed by atoms with E-state index in [1.807, 2.05) is 11.5 Å². The summed E-state index contributed by atoms with van der Waals surface area (Å²) in [5, 5.41) is 0. The van der Waals surface area contributed by atoms with Gasteiger partial charge in [-0.2, -0.15) is 4.98 Å². The summed E-state index contributed by atoms with van der Waals surface area (Å²) in [6.07, 6.45) is 1.50. The van der Waals surface area contributed by atoms with Gasteiger partial charge in [0.15, 0.2) is 11.2 Å². The van der Waals surface area contributed by atoms with E-state index in [0.29, 0.717) is 29.5 Å². The van der Waals surface area contributed by atoms with Crippen LogP contribution in [0.4, 0.5) is 0 Å². The van der Waals surface area contributed by atoms with Gasteiger partial charge >= 0.3 is 0 Å². The quantitative estimate of drug-likeness (QED) is 0.773. The fourth-order valence-corrected chi connectivity index (χ4v) is 1.94. The monoisotopic (exact) mass is 270 g/mol. The largest absolute Gasteiger partial charge is 0.479 e. The predicted molar refractivity (Wildman–Crippen MR) is 67.9 cm³/mol. The Hall–Kier alpha value is -1.40. The predicted octanol–water partition coefficient (Wildman–Crippen LogP) is 1.61. The number of nitrogens with zero attached hydrogens (tertiary/aromatic N) is 4. The van der Waals surface area contributed by atoms with Crippen LogP contribution in [0.3, 0.4) is 0 Å². The van der Waals surface area contributed by atoms with E-state index in [2.05, 4.69) is 15.0 Å².